The summed E-state index contributed by atoms with van der Waals surface area (Å²) in [5.74, 6) is -1.95. The van der Waals surface area contributed by atoms with Crippen molar-refractivity contribution in [2.24, 2.45) is 0 Å². The van der Waals surface area contributed by atoms with E-state index in [-0.39, 0.29) is 0 Å². The highest BCUT2D eigenvalue weighted by Crippen LogP contribution is 2.28. The van der Waals surface area contributed by atoms with Gasteiger partial charge in [-0.05, 0) is 29.7 Å². The summed E-state index contributed by atoms with van der Waals surface area (Å²) in [5.41, 5.74) is 2.34. The van der Waals surface area contributed by atoms with Gasteiger partial charge in [0.2, 0.25) is 0 Å². The Kier molecular flexibility index (Phi) is 4.37. The van der Waals surface area contributed by atoms with Gasteiger partial charge in [-0.2, -0.15) is 0 Å². The fourth-order valence-corrected chi connectivity index (χ4v) is 3.13. The number of hydrogen-bond acceptors (Lipinski definition) is 5. The molecular weight excluding hydrogens is 328 g/mol. The Balaban J connectivity index is 1.81. The number of hydrogen-bond donors (Lipinski definition) is 3. The minimum Gasteiger partial charge on any atom is -0.319 e. The summed E-state index contributed by atoms with van der Waals surface area (Å²) in [6, 6.07) is 14.9. The lowest BCUT2D eigenvalue weighted by atomic mass is 10.1. The molecule has 1 aromatic heterocycles. The molecule has 2 aromatic carbocycles. The lowest BCUT2D eigenvalue weighted by Gasteiger charge is -2.04. The first-order chi connectivity index (χ1) is 11.6. The maximum absolute atomic E-state index is 12.1. The summed E-state index contributed by atoms with van der Waals surface area (Å²) in [6.07, 6.45) is 0. The van der Waals surface area contributed by atoms with Gasteiger partial charge in [-0.1, -0.05) is 30.3 Å². The van der Waals surface area contributed by atoms with Crippen LogP contribution in [0.5, 0.6) is 0 Å². The summed E-state index contributed by atoms with van der Waals surface area (Å²) in [5, 5.41) is 11.9. The van der Waals surface area contributed by atoms with Crippen molar-refractivity contribution in [3.05, 3.63) is 65.0 Å². The maximum atomic E-state index is 12.1. The lowest BCUT2D eigenvalue weighted by Crippen LogP contribution is -2.22. The maximum Gasteiger partial charge on any atom is 0.296 e. The third-order valence-electron chi connectivity index (χ3n) is 3.34. The molecule has 0 radical (unpaired) electrons. The molecule has 0 aliphatic carbocycles. The smallest absolute Gasteiger partial charge is 0.296 e. The summed E-state index contributed by atoms with van der Waals surface area (Å²) in [4.78, 5) is 35.9. The summed E-state index contributed by atoms with van der Waals surface area (Å²) in [7, 11) is 0. The van der Waals surface area contributed by atoms with E-state index in [0.29, 0.717) is 16.1 Å². The van der Waals surface area contributed by atoms with Crippen LogP contribution in [-0.2, 0) is 4.79 Å². The second-order valence-corrected chi connectivity index (χ2v) is 6.04. The standard InChI is InChI=1S/C17H12N2O4S/c20-15(10-4-2-1-3-5-10)17(22)18-12-6-7-13-11(8-12)9-14(24-13)16(21)19-23/h1-9,23H,(H,18,22)(H,19,21). The number of nitrogens with one attached hydrogen (secondary N) is 2. The van der Waals surface area contributed by atoms with Crippen LogP contribution in [0.3, 0.4) is 0 Å². The minimum atomic E-state index is -0.732. The van der Waals surface area contributed by atoms with Gasteiger partial charge >= 0.3 is 0 Å². The van der Waals surface area contributed by atoms with Crippen molar-refractivity contribution in [3.63, 3.8) is 0 Å². The average molecular weight is 340 g/mol. The van der Waals surface area contributed by atoms with Crippen LogP contribution in [0, 0.1) is 0 Å². The van der Waals surface area contributed by atoms with Gasteiger partial charge in [0.25, 0.3) is 17.6 Å². The fourth-order valence-electron chi connectivity index (χ4n) is 2.20. The number of rotatable bonds is 4. The predicted molar refractivity (Wildman–Crippen MR) is 90.5 cm³/mol. The van der Waals surface area contributed by atoms with E-state index in [1.807, 2.05) is 0 Å². The third-order valence-corrected chi connectivity index (χ3v) is 4.46. The highest BCUT2D eigenvalue weighted by atomic mass is 32.1. The first-order valence-corrected chi connectivity index (χ1v) is 7.79. The highest BCUT2D eigenvalue weighted by molar-refractivity contribution is 7.20. The molecule has 0 aliphatic rings. The normalized spacial score (nSPS) is 10.4. The van der Waals surface area contributed by atoms with Crippen LogP contribution in [0.25, 0.3) is 10.1 Å². The van der Waals surface area contributed by atoms with Crippen LogP contribution in [0.2, 0.25) is 0 Å². The van der Waals surface area contributed by atoms with Crippen LogP contribution in [0.4, 0.5) is 5.69 Å². The van der Waals surface area contributed by atoms with Gasteiger partial charge in [-0.3, -0.25) is 19.6 Å². The number of amides is 2. The average Bonchev–Trinajstić information content (AvgIpc) is 3.04. The van der Waals surface area contributed by atoms with E-state index in [2.05, 4.69) is 5.32 Å². The van der Waals surface area contributed by atoms with E-state index in [1.165, 1.54) is 11.3 Å². The molecule has 3 N–H and O–H groups in total. The van der Waals surface area contributed by atoms with E-state index in [9.17, 15) is 14.4 Å². The van der Waals surface area contributed by atoms with Gasteiger partial charge in [0, 0.05) is 16.0 Å². The van der Waals surface area contributed by atoms with Gasteiger partial charge in [0.05, 0.1) is 4.88 Å². The lowest BCUT2D eigenvalue weighted by molar-refractivity contribution is -0.112. The molecule has 120 valence electrons. The third kappa shape index (κ3) is 3.17. The molecule has 3 rings (SSSR count). The van der Waals surface area contributed by atoms with Crippen molar-refractivity contribution in [1.29, 1.82) is 0 Å². The minimum absolute atomic E-state index is 0.313. The van der Waals surface area contributed by atoms with Crippen molar-refractivity contribution in [1.82, 2.24) is 5.48 Å². The van der Waals surface area contributed by atoms with Gasteiger partial charge in [-0.25, -0.2) is 5.48 Å². The quantitative estimate of drug-likeness (QED) is 0.294. The van der Waals surface area contributed by atoms with Crippen molar-refractivity contribution in [3.8, 4) is 0 Å². The fraction of sp³-hybridized carbons (Fsp3) is 0. The molecule has 0 fully saturated rings. The Bertz CT molecular complexity index is 934. The largest absolute Gasteiger partial charge is 0.319 e. The first kappa shape index (κ1) is 15.9. The van der Waals surface area contributed by atoms with Crippen LogP contribution in [0.1, 0.15) is 20.0 Å². The number of thiophene rings is 1. The molecule has 24 heavy (non-hydrogen) atoms. The first-order valence-electron chi connectivity index (χ1n) is 6.97. The second kappa shape index (κ2) is 6.61. The van der Waals surface area contributed by atoms with E-state index < -0.39 is 17.6 Å². The zero-order chi connectivity index (χ0) is 17.1. The molecule has 0 unspecified atom stereocenters. The number of carbonyl (C=O) groups is 3. The van der Waals surface area contributed by atoms with Crippen LogP contribution in [0.15, 0.2) is 54.6 Å². The number of anilines is 1. The van der Waals surface area contributed by atoms with Crippen molar-refractivity contribution < 1.29 is 19.6 Å². The molecule has 0 saturated carbocycles. The topological polar surface area (TPSA) is 95.5 Å². The van der Waals surface area contributed by atoms with Crippen molar-refractivity contribution >= 4 is 44.7 Å². The molecule has 0 bridgehead atoms. The van der Waals surface area contributed by atoms with Gasteiger partial charge in [0.15, 0.2) is 0 Å². The second-order valence-electron chi connectivity index (χ2n) is 4.95. The number of hydroxylamine groups is 1. The Morgan fingerprint density at radius 1 is 0.958 bits per heavy atom. The molecule has 3 aromatic rings. The number of Topliss-reactive ketones (excluding diaryl/α,β-unsaturated/α-hetero) is 1. The van der Waals surface area contributed by atoms with Gasteiger partial charge < -0.3 is 5.32 Å². The molecule has 0 saturated heterocycles. The zero-order valence-corrected chi connectivity index (χ0v) is 13.1. The molecule has 1 heterocycles. The van der Waals surface area contributed by atoms with Crippen LogP contribution >= 0.6 is 11.3 Å². The Morgan fingerprint density at radius 2 is 1.71 bits per heavy atom. The number of fused-ring (bicyclic) bond motifs is 1. The van der Waals surface area contributed by atoms with E-state index in [0.717, 1.165) is 10.1 Å². The Hall–Kier alpha value is -3.03. The number of carbonyl (C=O) groups excluding carboxylic acids is 3. The van der Waals surface area contributed by atoms with Crippen molar-refractivity contribution in [2.75, 3.05) is 5.32 Å². The van der Waals surface area contributed by atoms with Crippen molar-refractivity contribution in [2.45, 2.75) is 0 Å². The van der Waals surface area contributed by atoms with E-state index in [4.69, 9.17) is 5.21 Å². The molecular formula is C17H12N2O4S. The Morgan fingerprint density at radius 3 is 2.42 bits per heavy atom. The molecule has 0 spiro atoms. The summed E-state index contributed by atoms with van der Waals surface area (Å²) >= 11 is 1.21. The predicted octanol–water partition coefficient (Wildman–Crippen LogP) is 2.84. The van der Waals surface area contributed by atoms with Gasteiger partial charge in [0.1, 0.15) is 0 Å². The SMILES string of the molecule is O=C(Nc1ccc2sc(C(=O)NO)cc2c1)C(=O)c1ccccc1. The highest BCUT2D eigenvalue weighted by Gasteiger charge is 2.16. The Labute approximate surface area is 140 Å². The van der Waals surface area contributed by atoms with Crippen LogP contribution in [-0.4, -0.2) is 22.8 Å². The van der Waals surface area contributed by atoms with E-state index >= 15 is 0 Å². The molecule has 0 atom stereocenters. The number of benzene rings is 2. The molecule has 7 heteroatoms. The van der Waals surface area contributed by atoms with Crippen LogP contribution < -0.4 is 10.8 Å². The number of ketones is 1. The summed E-state index contributed by atoms with van der Waals surface area (Å²) < 4.78 is 0.820. The van der Waals surface area contributed by atoms with Gasteiger partial charge in [-0.15, -0.1) is 11.3 Å². The molecule has 0 aliphatic heterocycles. The molecule has 2 amide bonds. The molecule has 6 nitrogen and oxygen atoms in total. The van der Waals surface area contributed by atoms with E-state index in [1.54, 1.807) is 60.1 Å². The summed E-state index contributed by atoms with van der Waals surface area (Å²) in [6.45, 7) is 0. The zero-order valence-electron chi connectivity index (χ0n) is 12.3. The monoisotopic (exact) mass is 340 g/mol.